The summed E-state index contributed by atoms with van der Waals surface area (Å²) in [5, 5.41) is 3.11. The molecule has 1 aliphatic rings. The molecule has 0 spiro atoms. The van der Waals surface area contributed by atoms with Crippen molar-refractivity contribution in [3.05, 3.63) is 68.5 Å². The molecule has 1 saturated heterocycles. The van der Waals surface area contributed by atoms with Crippen LogP contribution >= 0.6 is 35.0 Å². The van der Waals surface area contributed by atoms with E-state index in [0.29, 0.717) is 26.3 Å². The summed E-state index contributed by atoms with van der Waals surface area (Å²) in [5.41, 5.74) is 1.42. The van der Waals surface area contributed by atoms with Crippen LogP contribution in [-0.4, -0.2) is 42.2 Å². The smallest absolute Gasteiger partial charge is 0.293 e. The minimum atomic E-state index is -0.407. The molecule has 156 valence electrons. The number of ether oxygens (including phenoxy) is 1. The predicted molar refractivity (Wildman–Crippen MR) is 119 cm³/mol. The van der Waals surface area contributed by atoms with Gasteiger partial charge in [0, 0.05) is 18.7 Å². The topological polar surface area (TPSA) is 75.7 Å². The molecule has 0 atom stereocenters. The zero-order valence-corrected chi connectivity index (χ0v) is 18.3. The number of carbonyl (C=O) groups is 3. The van der Waals surface area contributed by atoms with Crippen molar-refractivity contribution in [1.82, 2.24) is 10.2 Å². The molecule has 2 aromatic rings. The SMILES string of the molecule is COc1ccccc1CC(=O)NCCN1C(=O)S/C(=C/c2ccc(Cl)c(Cl)c2)C1=O. The van der Waals surface area contributed by atoms with Crippen molar-refractivity contribution in [2.75, 3.05) is 20.2 Å². The van der Waals surface area contributed by atoms with Gasteiger partial charge in [0.2, 0.25) is 5.91 Å². The Labute approximate surface area is 188 Å². The molecule has 0 unspecified atom stereocenters. The second kappa shape index (κ2) is 10.0. The van der Waals surface area contributed by atoms with Crippen molar-refractivity contribution >= 4 is 58.1 Å². The lowest BCUT2D eigenvalue weighted by Gasteiger charge is -2.13. The number of halogens is 2. The van der Waals surface area contributed by atoms with Crippen LogP contribution in [0, 0.1) is 0 Å². The first-order valence-corrected chi connectivity index (χ1v) is 10.6. The molecule has 3 rings (SSSR count). The summed E-state index contributed by atoms with van der Waals surface area (Å²) in [6.45, 7) is 0.243. The number of imide groups is 1. The van der Waals surface area contributed by atoms with E-state index in [1.165, 1.54) is 0 Å². The number of hydrogen-bond donors (Lipinski definition) is 1. The third kappa shape index (κ3) is 5.36. The van der Waals surface area contributed by atoms with Gasteiger partial charge in [-0.15, -0.1) is 0 Å². The lowest BCUT2D eigenvalue weighted by atomic mass is 10.1. The molecule has 3 amide bonds. The van der Waals surface area contributed by atoms with Crippen LogP contribution in [0.4, 0.5) is 4.79 Å². The van der Waals surface area contributed by atoms with E-state index in [0.717, 1.165) is 22.2 Å². The highest BCUT2D eigenvalue weighted by molar-refractivity contribution is 8.18. The number of thioether (sulfide) groups is 1. The predicted octanol–water partition coefficient (Wildman–Crippen LogP) is 4.40. The first kappa shape index (κ1) is 22.2. The monoisotopic (exact) mass is 464 g/mol. The fraction of sp³-hybridized carbons (Fsp3) is 0.190. The van der Waals surface area contributed by atoms with E-state index in [9.17, 15) is 14.4 Å². The second-order valence-corrected chi connectivity index (χ2v) is 8.15. The molecule has 1 aliphatic heterocycles. The van der Waals surface area contributed by atoms with E-state index < -0.39 is 5.91 Å². The minimum Gasteiger partial charge on any atom is -0.496 e. The summed E-state index contributed by atoms with van der Waals surface area (Å²) in [6.07, 6.45) is 1.73. The molecule has 6 nitrogen and oxygen atoms in total. The Morgan fingerprint density at radius 1 is 1.17 bits per heavy atom. The summed E-state index contributed by atoms with van der Waals surface area (Å²) in [7, 11) is 1.54. The number of hydrogen-bond acceptors (Lipinski definition) is 5. The molecule has 1 heterocycles. The van der Waals surface area contributed by atoms with Crippen LogP contribution in [-0.2, 0) is 16.0 Å². The zero-order valence-electron chi connectivity index (χ0n) is 16.0. The average molecular weight is 465 g/mol. The van der Waals surface area contributed by atoms with Crippen LogP contribution in [0.2, 0.25) is 10.0 Å². The Kier molecular flexibility index (Phi) is 7.42. The van der Waals surface area contributed by atoms with Crippen LogP contribution in [0.5, 0.6) is 5.75 Å². The maximum Gasteiger partial charge on any atom is 0.293 e. The van der Waals surface area contributed by atoms with Gasteiger partial charge in [-0.3, -0.25) is 19.3 Å². The highest BCUT2D eigenvalue weighted by Gasteiger charge is 2.34. The third-order valence-electron chi connectivity index (χ3n) is 4.32. The molecular weight excluding hydrogens is 447 g/mol. The maximum absolute atomic E-state index is 12.6. The van der Waals surface area contributed by atoms with Crippen molar-refractivity contribution in [2.45, 2.75) is 6.42 Å². The maximum atomic E-state index is 12.6. The number of para-hydroxylation sites is 1. The molecule has 0 aliphatic carbocycles. The highest BCUT2D eigenvalue weighted by Crippen LogP contribution is 2.33. The van der Waals surface area contributed by atoms with E-state index in [4.69, 9.17) is 27.9 Å². The van der Waals surface area contributed by atoms with Gasteiger partial charge in [-0.2, -0.15) is 0 Å². The van der Waals surface area contributed by atoms with E-state index >= 15 is 0 Å². The zero-order chi connectivity index (χ0) is 21.7. The standard InChI is InChI=1S/C21H18Cl2N2O4S/c1-29-17-5-3-2-4-14(17)12-19(26)24-8-9-25-20(27)18(30-21(25)28)11-13-6-7-15(22)16(23)10-13/h2-7,10-11H,8-9,12H2,1H3,(H,24,26)/b18-11+. The number of nitrogens with one attached hydrogen (secondary N) is 1. The average Bonchev–Trinajstić information content (AvgIpc) is 2.98. The van der Waals surface area contributed by atoms with E-state index in [-0.39, 0.29) is 30.7 Å². The second-order valence-electron chi connectivity index (χ2n) is 6.35. The minimum absolute atomic E-state index is 0.0844. The number of rotatable bonds is 7. The van der Waals surface area contributed by atoms with Gasteiger partial charge in [0.05, 0.1) is 28.5 Å². The molecule has 1 N–H and O–H groups in total. The summed E-state index contributed by atoms with van der Waals surface area (Å²) >= 11 is 12.7. The lowest BCUT2D eigenvalue weighted by molar-refractivity contribution is -0.124. The fourth-order valence-corrected chi connectivity index (χ4v) is 4.01. The van der Waals surface area contributed by atoms with Crippen LogP contribution < -0.4 is 10.1 Å². The molecule has 0 radical (unpaired) electrons. The Balaban J connectivity index is 1.56. The molecule has 0 aromatic heterocycles. The van der Waals surface area contributed by atoms with E-state index in [2.05, 4.69) is 5.32 Å². The Morgan fingerprint density at radius 3 is 2.67 bits per heavy atom. The summed E-state index contributed by atoms with van der Waals surface area (Å²) < 4.78 is 5.23. The molecule has 1 fully saturated rings. The van der Waals surface area contributed by atoms with Gasteiger partial charge in [-0.25, -0.2) is 0 Å². The van der Waals surface area contributed by atoms with Gasteiger partial charge in [0.25, 0.3) is 11.1 Å². The first-order chi connectivity index (χ1) is 14.4. The van der Waals surface area contributed by atoms with Crippen molar-refractivity contribution in [1.29, 1.82) is 0 Å². The summed E-state index contributed by atoms with van der Waals surface area (Å²) in [5.74, 6) is -0.00102. The first-order valence-electron chi connectivity index (χ1n) is 8.98. The van der Waals surface area contributed by atoms with Crippen molar-refractivity contribution in [3.63, 3.8) is 0 Å². The van der Waals surface area contributed by atoms with Crippen LogP contribution in [0.1, 0.15) is 11.1 Å². The van der Waals surface area contributed by atoms with Crippen molar-refractivity contribution in [3.8, 4) is 5.75 Å². The van der Waals surface area contributed by atoms with Gasteiger partial charge < -0.3 is 10.1 Å². The molecule has 9 heteroatoms. The molecular formula is C21H18Cl2N2O4S. The van der Waals surface area contributed by atoms with Crippen molar-refractivity contribution < 1.29 is 19.1 Å². The normalized spacial score (nSPS) is 15.0. The number of carbonyl (C=O) groups excluding carboxylic acids is 3. The fourth-order valence-electron chi connectivity index (χ4n) is 2.84. The summed E-state index contributed by atoms with van der Waals surface area (Å²) in [4.78, 5) is 38.3. The Bertz CT molecular complexity index is 1030. The van der Waals surface area contributed by atoms with Crippen LogP contribution in [0.3, 0.4) is 0 Å². The van der Waals surface area contributed by atoms with E-state index in [1.807, 2.05) is 18.2 Å². The number of benzene rings is 2. The van der Waals surface area contributed by atoms with Gasteiger partial charge in [-0.1, -0.05) is 47.5 Å². The van der Waals surface area contributed by atoms with Gasteiger partial charge in [0.1, 0.15) is 5.75 Å². The molecule has 0 saturated carbocycles. The third-order valence-corrected chi connectivity index (χ3v) is 5.96. The number of methoxy groups -OCH3 is 1. The summed E-state index contributed by atoms with van der Waals surface area (Å²) in [6, 6.07) is 12.2. The van der Waals surface area contributed by atoms with Gasteiger partial charge in [0.15, 0.2) is 0 Å². The Morgan fingerprint density at radius 2 is 1.93 bits per heavy atom. The van der Waals surface area contributed by atoms with Gasteiger partial charge in [-0.05, 0) is 41.6 Å². The quantitative estimate of drug-likeness (QED) is 0.614. The highest BCUT2D eigenvalue weighted by atomic mass is 35.5. The van der Waals surface area contributed by atoms with Crippen LogP contribution in [0.25, 0.3) is 6.08 Å². The van der Waals surface area contributed by atoms with E-state index in [1.54, 1.807) is 37.5 Å². The van der Waals surface area contributed by atoms with Crippen LogP contribution in [0.15, 0.2) is 47.4 Å². The Hall–Kier alpha value is -2.48. The molecule has 0 bridgehead atoms. The van der Waals surface area contributed by atoms with Gasteiger partial charge >= 0.3 is 0 Å². The van der Waals surface area contributed by atoms with Crippen molar-refractivity contribution in [2.24, 2.45) is 0 Å². The largest absolute Gasteiger partial charge is 0.496 e. The number of amides is 3. The number of nitrogens with zero attached hydrogens (tertiary/aromatic N) is 1. The molecule has 2 aromatic carbocycles. The lowest BCUT2D eigenvalue weighted by Crippen LogP contribution is -2.37. The molecule has 30 heavy (non-hydrogen) atoms.